The summed E-state index contributed by atoms with van der Waals surface area (Å²) < 4.78 is 11.0. The summed E-state index contributed by atoms with van der Waals surface area (Å²) in [5.41, 5.74) is 10.4. The van der Waals surface area contributed by atoms with Crippen molar-refractivity contribution in [3.05, 3.63) is 141 Å². The maximum atomic E-state index is 13.4. The number of nitrogens with zero attached hydrogens (tertiary/aromatic N) is 1. The van der Waals surface area contributed by atoms with Crippen LogP contribution in [-0.2, 0) is 0 Å². The Morgan fingerprint density at radius 3 is 1.48 bits per heavy atom. The topological polar surface area (TPSA) is 154 Å². The van der Waals surface area contributed by atoms with E-state index >= 15 is 0 Å². The number of aromatic carboxylic acids is 1. The Labute approximate surface area is 381 Å². The number of carboxylic acids is 1. The number of rotatable bonds is 8. The number of likely N-dealkylation sites (tertiary alicyclic amines) is 1. The summed E-state index contributed by atoms with van der Waals surface area (Å²) in [4.78, 5) is 50.9. The molecule has 4 aliphatic rings. The van der Waals surface area contributed by atoms with Gasteiger partial charge in [0.2, 0.25) is 0 Å². The molecular weight excluding hydrogens is 817 g/mol. The molecule has 4 N–H and O–H groups in total. The van der Waals surface area contributed by atoms with E-state index in [0.717, 1.165) is 104 Å². The molecule has 340 valence electrons. The number of nitrogens with one attached hydrogen (secondary N) is 3. The predicted molar refractivity (Wildman–Crippen MR) is 254 cm³/mol. The van der Waals surface area contributed by atoms with Crippen molar-refractivity contribution in [2.45, 2.75) is 102 Å². The standard InChI is InChI=1S/C27H30N2O3.C14H17NO3.C13H15NO/c1-17-14-23(19-4-3-5-19)24(26(30)28-2)16-22(17)27(31)29-11-8-18(9-12-29)21-7-6-20-10-13-32-25(20)15-21;1-8-6-11(9-4-3-5-9)12(13(16)15-2)7-10(8)14(17)18;1-2-12(10-3-6-14-7-4-10)9-13-11(1)5-8-15-13/h6-7,10,13-16,18-19H,3-5,8-9,11-12H2,1-2H3,(H,28,30);6-7,9H,3-5H2,1-2H3,(H,15,16)(H,17,18);1-2,5,8-10,14H,3-4,6-7H2. The Kier molecular flexibility index (Phi) is 14.2. The molecule has 0 bridgehead atoms. The van der Waals surface area contributed by atoms with Crippen LogP contribution >= 0.6 is 0 Å². The highest BCUT2D eigenvalue weighted by atomic mass is 16.4. The smallest absolute Gasteiger partial charge is 0.335 e. The maximum Gasteiger partial charge on any atom is 0.335 e. The van der Waals surface area contributed by atoms with Crippen LogP contribution in [0.3, 0.4) is 0 Å². The van der Waals surface area contributed by atoms with E-state index in [0.29, 0.717) is 40.4 Å². The molecule has 11 heteroatoms. The molecule has 6 aromatic rings. The first-order valence-corrected chi connectivity index (χ1v) is 23.4. The number of fused-ring (bicyclic) bond motifs is 2. The van der Waals surface area contributed by atoms with E-state index in [4.69, 9.17) is 13.9 Å². The van der Waals surface area contributed by atoms with Gasteiger partial charge >= 0.3 is 5.97 Å². The van der Waals surface area contributed by atoms with Crippen molar-refractivity contribution < 1.29 is 33.1 Å². The lowest BCUT2D eigenvalue weighted by molar-refractivity contribution is 0.0691. The zero-order chi connectivity index (χ0) is 45.6. The number of hydrogen-bond donors (Lipinski definition) is 4. The first-order valence-electron chi connectivity index (χ1n) is 23.4. The van der Waals surface area contributed by atoms with Gasteiger partial charge in [0.05, 0.1) is 18.1 Å². The van der Waals surface area contributed by atoms with Gasteiger partial charge < -0.3 is 34.8 Å². The van der Waals surface area contributed by atoms with Gasteiger partial charge in [0.15, 0.2) is 0 Å². The van der Waals surface area contributed by atoms with Gasteiger partial charge in [0.25, 0.3) is 17.7 Å². The summed E-state index contributed by atoms with van der Waals surface area (Å²) in [6.07, 6.45) is 14.6. The number of amides is 3. The molecule has 0 unspecified atom stereocenters. The molecular formula is C54H62N4O7. The van der Waals surface area contributed by atoms with E-state index in [-0.39, 0.29) is 23.3 Å². The van der Waals surface area contributed by atoms with E-state index in [2.05, 4.69) is 58.4 Å². The molecule has 2 saturated carbocycles. The van der Waals surface area contributed by atoms with Crippen LogP contribution < -0.4 is 16.0 Å². The molecule has 4 heterocycles. The van der Waals surface area contributed by atoms with Gasteiger partial charge in [-0.25, -0.2) is 4.79 Å². The van der Waals surface area contributed by atoms with Crippen LogP contribution in [0.1, 0.15) is 163 Å². The fourth-order valence-electron chi connectivity index (χ4n) is 9.89. The molecule has 10 rings (SSSR count). The SMILES string of the molecule is CNC(=O)c1cc(C(=O)N2CCC(c3ccc4ccoc4c3)CC2)c(C)cc1C1CCC1.CNC(=O)c1cc(C(=O)O)c(C)cc1C1CCC1.c1cc2ccc(C3CCNCC3)cc2o1. The zero-order valence-corrected chi connectivity index (χ0v) is 38.1. The van der Waals surface area contributed by atoms with E-state index in [1.54, 1.807) is 33.5 Å². The number of furan rings is 2. The monoisotopic (exact) mass is 878 g/mol. The molecule has 3 amide bonds. The van der Waals surface area contributed by atoms with E-state index < -0.39 is 5.97 Å². The number of hydrogen-bond acceptors (Lipinski definition) is 7. The lowest BCUT2D eigenvalue weighted by Gasteiger charge is -2.33. The Morgan fingerprint density at radius 2 is 1.03 bits per heavy atom. The Balaban J connectivity index is 0.000000147. The van der Waals surface area contributed by atoms with Crippen LogP contribution in [-0.4, -0.2) is 74.0 Å². The fourth-order valence-corrected chi connectivity index (χ4v) is 9.89. The van der Waals surface area contributed by atoms with Gasteiger partial charge in [-0.3, -0.25) is 14.4 Å². The summed E-state index contributed by atoms with van der Waals surface area (Å²) in [5.74, 6) is 0.710. The largest absolute Gasteiger partial charge is 0.478 e. The second kappa shape index (κ2) is 20.3. The van der Waals surface area contributed by atoms with E-state index in [1.807, 2.05) is 36.1 Å². The van der Waals surface area contributed by atoms with E-state index in [1.165, 1.54) is 48.3 Å². The highest BCUT2D eigenvalue weighted by molar-refractivity contribution is 6.02. The van der Waals surface area contributed by atoms with Crippen molar-refractivity contribution in [1.29, 1.82) is 0 Å². The lowest BCUT2D eigenvalue weighted by atomic mass is 9.77. The average molecular weight is 879 g/mol. The number of carbonyl (C=O) groups excluding carboxylic acids is 3. The summed E-state index contributed by atoms with van der Waals surface area (Å²) in [6.45, 7) is 7.49. The van der Waals surface area contributed by atoms with Gasteiger partial charge in [0, 0.05) is 54.6 Å². The van der Waals surface area contributed by atoms with Crippen LogP contribution in [0, 0.1) is 13.8 Å². The normalized spacial score (nSPS) is 17.0. The molecule has 4 aromatic carbocycles. The first-order chi connectivity index (χ1) is 31.5. The van der Waals surface area contributed by atoms with Gasteiger partial charge in [-0.1, -0.05) is 49.2 Å². The number of carboxylic acid groups (broad SMARTS) is 1. The van der Waals surface area contributed by atoms with Gasteiger partial charge in [0.1, 0.15) is 11.2 Å². The van der Waals surface area contributed by atoms with Crippen molar-refractivity contribution in [2.24, 2.45) is 0 Å². The van der Waals surface area contributed by atoms with Gasteiger partial charge in [-0.05, 0) is 172 Å². The summed E-state index contributed by atoms with van der Waals surface area (Å²) >= 11 is 0. The lowest BCUT2D eigenvalue weighted by Crippen LogP contribution is -2.38. The number of piperidine rings is 2. The average Bonchev–Trinajstić information content (AvgIpc) is 3.98. The summed E-state index contributed by atoms with van der Waals surface area (Å²) in [5, 5.41) is 20.2. The maximum absolute atomic E-state index is 13.4. The van der Waals surface area contributed by atoms with Crippen molar-refractivity contribution in [3.63, 3.8) is 0 Å². The Morgan fingerprint density at radius 1 is 0.569 bits per heavy atom. The molecule has 0 spiro atoms. The second-order valence-electron chi connectivity index (χ2n) is 18.3. The van der Waals surface area contributed by atoms with Crippen molar-refractivity contribution >= 4 is 45.6 Å². The van der Waals surface area contributed by atoms with Crippen LogP contribution in [0.25, 0.3) is 21.9 Å². The molecule has 2 aliphatic heterocycles. The quantitative estimate of drug-likeness (QED) is 0.118. The molecule has 11 nitrogen and oxygen atoms in total. The minimum absolute atomic E-state index is 0.0350. The molecule has 4 fully saturated rings. The number of aryl methyl sites for hydroxylation is 2. The van der Waals surface area contributed by atoms with Gasteiger partial charge in [-0.2, -0.15) is 0 Å². The zero-order valence-electron chi connectivity index (χ0n) is 38.1. The first kappa shape index (κ1) is 45.4. The van der Waals surface area contributed by atoms with Crippen molar-refractivity contribution in [1.82, 2.24) is 20.9 Å². The minimum Gasteiger partial charge on any atom is -0.478 e. The second-order valence-corrected chi connectivity index (χ2v) is 18.3. The highest BCUT2D eigenvalue weighted by Crippen LogP contribution is 2.41. The highest BCUT2D eigenvalue weighted by Gasteiger charge is 2.30. The van der Waals surface area contributed by atoms with Crippen LogP contribution in [0.2, 0.25) is 0 Å². The fraction of sp³-hybridized carbons (Fsp3) is 0.407. The predicted octanol–water partition coefficient (Wildman–Crippen LogP) is 10.6. The van der Waals surface area contributed by atoms with Crippen LogP contribution in [0.4, 0.5) is 0 Å². The molecule has 2 aliphatic carbocycles. The third-order valence-corrected chi connectivity index (χ3v) is 14.3. The summed E-state index contributed by atoms with van der Waals surface area (Å²) in [6, 6.07) is 24.3. The number of carbonyl (C=O) groups is 4. The third kappa shape index (κ3) is 10.1. The third-order valence-electron chi connectivity index (χ3n) is 14.3. The van der Waals surface area contributed by atoms with Crippen LogP contribution in [0.15, 0.2) is 94.2 Å². The van der Waals surface area contributed by atoms with Gasteiger partial charge in [-0.15, -0.1) is 0 Å². The molecule has 0 radical (unpaired) electrons. The Hall–Kier alpha value is -6.20. The van der Waals surface area contributed by atoms with Crippen molar-refractivity contribution in [2.75, 3.05) is 40.3 Å². The molecule has 65 heavy (non-hydrogen) atoms. The van der Waals surface area contributed by atoms with Crippen LogP contribution in [0.5, 0.6) is 0 Å². The summed E-state index contributed by atoms with van der Waals surface area (Å²) in [7, 11) is 3.21. The number of benzene rings is 4. The Bertz CT molecular complexity index is 2670. The minimum atomic E-state index is -0.988. The van der Waals surface area contributed by atoms with Crippen molar-refractivity contribution in [3.8, 4) is 0 Å². The molecule has 2 saturated heterocycles. The van der Waals surface area contributed by atoms with E-state index in [9.17, 15) is 19.2 Å². The molecule has 0 atom stereocenters. The molecule has 2 aromatic heterocycles.